The largest absolute Gasteiger partial charge is 1.00 e. The van der Waals surface area contributed by atoms with Crippen LogP contribution in [0.4, 0.5) is 14.0 Å². The van der Waals surface area contributed by atoms with Crippen LogP contribution in [0.1, 0.15) is 27.7 Å². The third kappa shape index (κ3) is 5.13. The Balaban J connectivity index is 0.00000338. The van der Waals surface area contributed by atoms with Crippen molar-refractivity contribution in [2.24, 2.45) is 0 Å². The molecule has 0 radical (unpaired) electrons. The number of alkyl carbamates (subject to hydrolysis) is 1. The number of nitrogens with one attached hydrogen (secondary N) is 1. The van der Waals surface area contributed by atoms with E-state index in [1.54, 1.807) is 33.8 Å². The van der Waals surface area contributed by atoms with Crippen LogP contribution < -0.4 is 29.3 Å². The maximum atomic E-state index is 13.2. The van der Waals surface area contributed by atoms with Gasteiger partial charge in [-0.2, -0.15) is 5.06 Å². The molecule has 3 amide bonds. The average molecular weight is 365 g/mol. The molecule has 1 saturated heterocycles. The molecular weight excluding hydrogens is 344 g/mol. The number of hydrogen-bond donors (Lipinski definition) is 1. The van der Waals surface area contributed by atoms with Crippen molar-refractivity contribution in [1.29, 1.82) is 0 Å². The first-order valence-electron chi connectivity index (χ1n) is 7.76. The number of carboxylic acid groups (broad SMARTS) is 1. The van der Waals surface area contributed by atoms with Gasteiger partial charge < -0.3 is 24.9 Å². The number of carboxylic acids is 1. The molecule has 11 heteroatoms. The van der Waals surface area contributed by atoms with Gasteiger partial charge in [-0.3, -0.25) is 0 Å². The van der Waals surface area contributed by atoms with E-state index in [0.717, 1.165) is 5.57 Å². The summed E-state index contributed by atoms with van der Waals surface area (Å²) in [4.78, 5) is 40.5. The third-order valence-corrected chi connectivity index (χ3v) is 3.71. The normalized spacial score (nSPS) is 23.1. The monoisotopic (exact) mass is 365 g/mol. The van der Waals surface area contributed by atoms with Crippen LogP contribution in [0.2, 0.25) is 0 Å². The van der Waals surface area contributed by atoms with Crippen LogP contribution >= 0.6 is 0 Å². The number of halogens is 1. The van der Waals surface area contributed by atoms with Crippen molar-refractivity contribution in [3.63, 3.8) is 0 Å². The summed E-state index contributed by atoms with van der Waals surface area (Å²) in [6.45, 7) is 7.23. The van der Waals surface area contributed by atoms with Crippen molar-refractivity contribution in [3.05, 3.63) is 11.6 Å². The Hall–Kier alpha value is -1.76. The third-order valence-electron chi connectivity index (χ3n) is 3.71. The molecule has 3 atom stereocenters. The molecule has 0 spiro atoms. The van der Waals surface area contributed by atoms with Crippen LogP contribution in [0.5, 0.6) is 0 Å². The summed E-state index contributed by atoms with van der Waals surface area (Å²) in [5.41, 5.74) is 0.109. The Morgan fingerprint density at radius 2 is 2.08 bits per heavy atom. The number of hydroxylamine groups is 2. The topological polar surface area (TPSA) is 111 Å². The van der Waals surface area contributed by atoms with Gasteiger partial charge in [-0.1, -0.05) is 11.6 Å². The van der Waals surface area contributed by atoms with Crippen LogP contribution in [-0.2, 0) is 14.4 Å². The number of carbonyl (C=O) groups excluding carboxylic acids is 3. The molecule has 140 valence electrons. The maximum Gasteiger partial charge on any atom is 1.00 e. The molecule has 1 fully saturated rings. The van der Waals surface area contributed by atoms with E-state index in [4.69, 9.17) is 4.74 Å². The van der Waals surface area contributed by atoms with Crippen LogP contribution in [0.25, 0.3) is 0 Å². The Morgan fingerprint density at radius 3 is 2.62 bits per heavy atom. The number of fused-ring (bicyclic) bond motifs is 2. The minimum atomic E-state index is -2.74. The molecule has 2 heterocycles. The number of urea groups is 1. The van der Waals surface area contributed by atoms with Gasteiger partial charge in [0, 0.05) is 13.1 Å². The van der Waals surface area contributed by atoms with E-state index in [1.807, 2.05) is 0 Å². The van der Waals surface area contributed by atoms with Gasteiger partial charge in [0.1, 0.15) is 11.6 Å². The van der Waals surface area contributed by atoms with Crippen molar-refractivity contribution in [1.82, 2.24) is 15.3 Å². The summed E-state index contributed by atoms with van der Waals surface area (Å²) in [7, 11) is 0. The summed E-state index contributed by atoms with van der Waals surface area (Å²) >= 11 is 0. The molecule has 0 unspecified atom stereocenters. The van der Waals surface area contributed by atoms with E-state index < -0.39 is 42.1 Å². The Kier molecular flexibility index (Phi) is 7.10. The van der Waals surface area contributed by atoms with Gasteiger partial charge in [0.2, 0.25) is 0 Å². The van der Waals surface area contributed by atoms with Crippen molar-refractivity contribution in [2.75, 3.05) is 13.1 Å². The number of amides is 3. The van der Waals surface area contributed by atoms with Gasteiger partial charge in [0.15, 0.2) is 0 Å². The van der Waals surface area contributed by atoms with Gasteiger partial charge >= 0.3 is 31.0 Å². The van der Waals surface area contributed by atoms with Crippen LogP contribution in [0.3, 0.4) is 0 Å². The van der Waals surface area contributed by atoms with E-state index >= 15 is 0 Å². The fraction of sp³-hybridized carbons (Fsp3) is 0.667. The molecule has 0 aromatic rings. The molecule has 9 nitrogen and oxygen atoms in total. The zero-order valence-electron chi connectivity index (χ0n) is 15.4. The number of aliphatic carboxylic acids is 1. The number of hydrogen-bond acceptors (Lipinski definition) is 6. The average Bonchev–Trinajstić information content (AvgIpc) is 2.70. The van der Waals surface area contributed by atoms with E-state index in [9.17, 15) is 23.9 Å². The van der Waals surface area contributed by atoms with Crippen molar-refractivity contribution in [2.45, 2.75) is 51.7 Å². The molecular formula is C15H21FLiN3O6. The smallest absolute Gasteiger partial charge is 0.544 e. The Labute approximate surface area is 162 Å². The van der Waals surface area contributed by atoms with Gasteiger partial charge in [0.25, 0.3) is 6.36 Å². The molecule has 2 bridgehead atoms. The predicted molar refractivity (Wildman–Crippen MR) is 80.5 cm³/mol. The van der Waals surface area contributed by atoms with Gasteiger partial charge in [-0.05, 0) is 27.7 Å². The zero-order chi connectivity index (χ0) is 18.9. The first-order valence-corrected chi connectivity index (χ1v) is 7.76. The number of carbonyl (C=O) groups is 3. The second-order valence-corrected chi connectivity index (χ2v) is 6.88. The zero-order valence-corrected chi connectivity index (χ0v) is 15.4. The first-order chi connectivity index (χ1) is 11.5. The fourth-order valence-electron chi connectivity index (χ4n) is 2.69. The standard InChI is InChI=1S/C15H22FN3O6.Li/c1-8-5-9-7-18(14(23)19(9)25-11(16)12(20)21)10(8)6-17-13(22)24-15(2,3)4;/h5,9-11H,6-7H2,1-4H3,(H,17,22)(H,20,21);/q;+1/p-1/t9-,10-,11-;/m1./s1. The second-order valence-electron chi connectivity index (χ2n) is 6.88. The molecule has 2 rings (SSSR count). The summed E-state index contributed by atoms with van der Waals surface area (Å²) in [5.74, 6) is -2.06. The van der Waals surface area contributed by atoms with E-state index in [2.05, 4.69) is 10.2 Å². The molecule has 2 aliphatic rings. The van der Waals surface area contributed by atoms with Crippen molar-refractivity contribution < 1.29 is 52.3 Å². The second kappa shape index (κ2) is 8.29. The fourth-order valence-corrected chi connectivity index (χ4v) is 2.69. The number of ether oxygens (including phenoxy) is 1. The van der Waals surface area contributed by atoms with E-state index in [-0.39, 0.29) is 32.0 Å². The van der Waals surface area contributed by atoms with Crippen molar-refractivity contribution >= 4 is 18.1 Å². The minimum Gasteiger partial charge on any atom is -0.544 e. The Bertz CT molecular complexity index is 609. The molecule has 0 aromatic heterocycles. The summed E-state index contributed by atoms with van der Waals surface area (Å²) in [6, 6.07) is -1.76. The molecule has 1 N–H and O–H groups in total. The SMILES string of the molecule is CC1=C[C@@H]2CN(C(=O)N2O[C@@H](F)C(=O)[O-])[C@@H]1CNC(=O)OC(C)(C)C.[Li+]. The van der Waals surface area contributed by atoms with Gasteiger partial charge in [0.05, 0.1) is 12.1 Å². The van der Waals surface area contributed by atoms with Crippen LogP contribution in [0, 0.1) is 0 Å². The molecule has 0 saturated carbocycles. The van der Waals surface area contributed by atoms with E-state index in [1.165, 1.54) is 4.90 Å². The van der Waals surface area contributed by atoms with Gasteiger partial charge in [-0.25, -0.2) is 18.8 Å². The number of rotatable bonds is 5. The summed E-state index contributed by atoms with van der Waals surface area (Å²) < 4.78 is 18.4. The quantitative estimate of drug-likeness (QED) is 0.409. The summed E-state index contributed by atoms with van der Waals surface area (Å²) in [5, 5.41) is 13.7. The van der Waals surface area contributed by atoms with Crippen LogP contribution in [-0.4, -0.2) is 65.2 Å². The molecule has 2 aliphatic heterocycles. The molecule has 26 heavy (non-hydrogen) atoms. The van der Waals surface area contributed by atoms with E-state index in [0.29, 0.717) is 5.06 Å². The molecule has 0 aromatic carbocycles. The minimum absolute atomic E-state index is 0. The van der Waals surface area contributed by atoms with Gasteiger partial charge in [-0.15, -0.1) is 0 Å². The number of alkyl halides is 1. The predicted octanol–water partition coefficient (Wildman–Crippen LogP) is -3.07. The molecule has 0 aliphatic carbocycles. The Morgan fingerprint density at radius 1 is 1.46 bits per heavy atom. The first kappa shape index (κ1) is 22.3. The number of nitrogens with zero attached hydrogens (tertiary/aromatic N) is 2. The summed E-state index contributed by atoms with van der Waals surface area (Å²) in [6.07, 6.45) is -1.69. The van der Waals surface area contributed by atoms with Crippen molar-refractivity contribution in [3.8, 4) is 0 Å². The van der Waals surface area contributed by atoms with Crippen LogP contribution in [0.15, 0.2) is 11.6 Å². The maximum absolute atomic E-state index is 13.2.